The Bertz CT molecular complexity index is 1740. The highest BCUT2D eigenvalue weighted by Gasteiger charge is 2.50. The first-order chi connectivity index (χ1) is 26.4. The van der Waals surface area contributed by atoms with Gasteiger partial charge in [-0.25, -0.2) is 0 Å². The largest absolute Gasteiger partial charge is 0.507 e. The van der Waals surface area contributed by atoms with Crippen molar-refractivity contribution in [2.75, 3.05) is 7.11 Å². The topological polar surface area (TPSA) is 261 Å². The third kappa shape index (κ3) is 8.28. The number of benzene rings is 2. The summed E-state index contributed by atoms with van der Waals surface area (Å²) >= 11 is 0. The predicted octanol–water partition coefficient (Wildman–Crippen LogP) is 0.628. The Balaban J connectivity index is 1.35. The van der Waals surface area contributed by atoms with Crippen molar-refractivity contribution in [2.24, 2.45) is 5.92 Å². The molecule has 17 nitrogen and oxygen atoms in total. The van der Waals surface area contributed by atoms with Crippen LogP contribution in [0.3, 0.4) is 0 Å². The van der Waals surface area contributed by atoms with Gasteiger partial charge in [0.25, 0.3) is 0 Å². The van der Waals surface area contributed by atoms with Crippen LogP contribution in [0.4, 0.5) is 0 Å². The van der Waals surface area contributed by atoms with Crippen LogP contribution in [0.15, 0.2) is 12.1 Å². The number of ether oxygens (including phenoxy) is 7. The molecule has 6 rings (SSSR count). The van der Waals surface area contributed by atoms with E-state index in [-0.39, 0.29) is 52.8 Å². The number of hydrogen-bond donors (Lipinski definition) is 8. The van der Waals surface area contributed by atoms with Crippen molar-refractivity contribution < 1.29 is 83.6 Å². The predicted molar refractivity (Wildman–Crippen MR) is 193 cm³/mol. The van der Waals surface area contributed by atoms with Crippen molar-refractivity contribution in [1.29, 1.82) is 0 Å². The van der Waals surface area contributed by atoms with E-state index in [4.69, 9.17) is 33.2 Å². The molecule has 3 saturated heterocycles. The summed E-state index contributed by atoms with van der Waals surface area (Å²) in [6.45, 7) is 7.65. The van der Waals surface area contributed by atoms with Gasteiger partial charge >= 0.3 is 0 Å². The number of hydrogen-bond acceptors (Lipinski definition) is 17. The van der Waals surface area contributed by atoms with Gasteiger partial charge in [-0.1, -0.05) is 0 Å². The van der Waals surface area contributed by atoms with Gasteiger partial charge in [0.1, 0.15) is 47.8 Å². The summed E-state index contributed by atoms with van der Waals surface area (Å²) in [6.07, 6.45) is -16.2. The van der Waals surface area contributed by atoms with Crippen molar-refractivity contribution in [3.05, 3.63) is 28.8 Å². The van der Waals surface area contributed by atoms with Gasteiger partial charge in [-0.3, -0.25) is 9.59 Å². The molecule has 2 aromatic rings. The summed E-state index contributed by atoms with van der Waals surface area (Å²) in [5.41, 5.74) is 0.339. The molecule has 0 aromatic heterocycles. The van der Waals surface area contributed by atoms with Gasteiger partial charge in [-0.2, -0.15) is 0 Å². The van der Waals surface area contributed by atoms with Crippen molar-refractivity contribution in [1.82, 2.24) is 0 Å². The fourth-order valence-corrected chi connectivity index (χ4v) is 8.12. The van der Waals surface area contributed by atoms with E-state index >= 15 is 0 Å². The van der Waals surface area contributed by atoms with Crippen LogP contribution in [-0.2, 0) is 39.6 Å². The van der Waals surface area contributed by atoms with Gasteiger partial charge in [0.05, 0.1) is 53.7 Å². The van der Waals surface area contributed by atoms with Gasteiger partial charge in [-0.15, -0.1) is 0 Å². The third-order valence-corrected chi connectivity index (χ3v) is 11.5. The Labute approximate surface area is 323 Å². The van der Waals surface area contributed by atoms with Gasteiger partial charge in [0, 0.05) is 37.9 Å². The second kappa shape index (κ2) is 17.1. The van der Waals surface area contributed by atoms with Crippen molar-refractivity contribution in [3.63, 3.8) is 0 Å². The monoisotopic (exact) mass is 794 g/mol. The summed E-state index contributed by atoms with van der Waals surface area (Å²) in [4.78, 5) is 28.2. The first-order valence-corrected chi connectivity index (χ1v) is 19.1. The van der Waals surface area contributed by atoms with Gasteiger partial charge in [0.15, 0.2) is 30.4 Å². The third-order valence-electron chi connectivity index (χ3n) is 11.5. The summed E-state index contributed by atoms with van der Waals surface area (Å²) < 4.78 is 41.5. The molecule has 17 heteroatoms. The number of fused-ring (bicyclic) bond motifs is 2. The fraction of sp³-hybridized carbons (Fsp3) is 0.692. The molecule has 3 heterocycles. The van der Waals surface area contributed by atoms with Crippen LogP contribution >= 0.6 is 0 Å². The maximum absolute atomic E-state index is 14.6. The average Bonchev–Trinajstić information content (AvgIpc) is 3.14. The minimum Gasteiger partial charge on any atom is -0.507 e. The SMILES string of the molecule is CO[C@H](C(=O)[C@@H](O)[C@@H](C)O)[C@@H]1Cc2cc3cc(O[C@H]4CC[C@H](O)[C@@H](C)O4)c(C)c(O)c3c(O)c2C(=O)[C@H]1O[C@H]1CC(O[C@H]2C[C@H](O)[C@@H](O)[C@@H](C)O2)[C@H](O)[C@@H](C)O1. The molecule has 0 spiro atoms. The van der Waals surface area contributed by atoms with Crippen molar-refractivity contribution >= 4 is 22.3 Å². The molecule has 16 atom stereocenters. The van der Waals surface area contributed by atoms with Crippen molar-refractivity contribution in [2.45, 2.75) is 159 Å². The summed E-state index contributed by atoms with van der Waals surface area (Å²) in [7, 11) is 1.21. The molecule has 0 amide bonds. The number of aromatic hydroxyl groups is 2. The van der Waals surface area contributed by atoms with E-state index in [9.17, 15) is 50.4 Å². The summed E-state index contributed by atoms with van der Waals surface area (Å²) in [5.74, 6) is -3.52. The number of phenolic OH excluding ortho intramolecular Hbond substituents is 2. The highest BCUT2D eigenvalue weighted by Crippen LogP contribution is 2.47. The molecule has 2 aromatic carbocycles. The molecule has 3 fully saturated rings. The number of Topliss-reactive ketones (excluding diaryl/α,β-unsaturated/α-hetero) is 2. The molecule has 0 bridgehead atoms. The number of rotatable bonds is 11. The molecule has 4 aliphatic rings. The molecule has 312 valence electrons. The van der Waals surface area contributed by atoms with E-state index in [0.29, 0.717) is 18.2 Å². The Morgan fingerprint density at radius 2 is 1.48 bits per heavy atom. The number of carbonyl (C=O) groups excluding carboxylic acids is 2. The number of carbonyl (C=O) groups is 2. The lowest BCUT2D eigenvalue weighted by Gasteiger charge is -2.43. The Kier molecular flexibility index (Phi) is 13.0. The van der Waals surface area contributed by atoms with E-state index in [1.165, 1.54) is 14.0 Å². The molecular weight excluding hydrogens is 740 g/mol. The fourth-order valence-electron chi connectivity index (χ4n) is 8.12. The lowest BCUT2D eigenvalue weighted by atomic mass is 9.75. The van der Waals surface area contributed by atoms with E-state index in [1.54, 1.807) is 39.8 Å². The Morgan fingerprint density at radius 1 is 0.839 bits per heavy atom. The molecule has 3 aliphatic heterocycles. The standard InChI is InChI=1S/C39H54O17/c1-14-24(54-26-8-7-22(41)16(3)51-26)11-20-9-19-10-21(38(50-6)37(49)32(44)15(2)40)39(36(48)30(19)35(47)29(20)31(14)43)56-28-13-25(34(46)18(5)53-28)55-27-12-23(42)33(45)17(4)52-27/h9,11,15-18,21-23,25-28,32-34,38-47H,7-8,10,12-13H2,1-6H3/t15-,16-,17-,18-,21+,22+,23+,25?,26+,27+,28+,32+,33+,34-,38+,39+/m1/s1. The maximum Gasteiger partial charge on any atom is 0.200 e. The van der Waals surface area contributed by atoms with Gasteiger partial charge < -0.3 is 74.0 Å². The van der Waals surface area contributed by atoms with Crippen LogP contribution in [-0.4, -0.2) is 152 Å². The second-order valence-corrected chi connectivity index (χ2v) is 15.5. The number of aliphatic hydroxyl groups is 6. The van der Waals surface area contributed by atoms with Crippen LogP contribution in [0.25, 0.3) is 10.8 Å². The van der Waals surface area contributed by atoms with E-state index in [2.05, 4.69) is 0 Å². The van der Waals surface area contributed by atoms with Crippen LogP contribution in [0, 0.1) is 12.8 Å². The maximum atomic E-state index is 14.6. The van der Waals surface area contributed by atoms with Crippen LogP contribution in [0.5, 0.6) is 17.2 Å². The molecule has 0 saturated carbocycles. The minimum absolute atomic E-state index is 0.0375. The first kappa shape index (κ1) is 42.6. The zero-order valence-electron chi connectivity index (χ0n) is 32.2. The number of ketones is 2. The normalized spacial score (nSPS) is 36.8. The van der Waals surface area contributed by atoms with Gasteiger partial charge in [0.2, 0.25) is 0 Å². The number of aliphatic hydroxyl groups excluding tert-OH is 6. The Morgan fingerprint density at radius 3 is 2.11 bits per heavy atom. The van der Waals surface area contributed by atoms with Crippen molar-refractivity contribution in [3.8, 4) is 17.2 Å². The molecule has 0 radical (unpaired) electrons. The quantitative estimate of drug-likeness (QED) is 0.155. The van der Waals surface area contributed by atoms with Gasteiger partial charge in [-0.05, 0) is 70.5 Å². The molecule has 8 N–H and O–H groups in total. The van der Waals surface area contributed by atoms with Crippen LogP contribution in [0.1, 0.15) is 74.9 Å². The highest BCUT2D eigenvalue weighted by atomic mass is 16.7. The van der Waals surface area contributed by atoms with Crippen LogP contribution < -0.4 is 4.74 Å². The number of methoxy groups -OCH3 is 1. The smallest absolute Gasteiger partial charge is 0.200 e. The zero-order valence-corrected chi connectivity index (χ0v) is 32.2. The lowest BCUT2D eigenvalue weighted by molar-refractivity contribution is -0.311. The van der Waals surface area contributed by atoms with E-state index in [0.717, 1.165) is 0 Å². The minimum atomic E-state index is -1.88. The van der Waals surface area contributed by atoms with E-state index in [1.807, 2.05) is 0 Å². The van der Waals surface area contributed by atoms with E-state index < -0.39 is 115 Å². The summed E-state index contributed by atoms with van der Waals surface area (Å²) in [6, 6.07) is 3.16. The molecule has 1 unspecified atom stereocenters. The molecule has 56 heavy (non-hydrogen) atoms. The zero-order chi connectivity index (χ0) is 40.9. The average molecular weight is 795 g/mol. The molecular formula is C39H54O17. The highest BCUT2D eigenvalue weighted by molar-refractivity contribution is 6.11. The van der Waals surface area contributed by atoms with Crippen LogP contribution in [0.2, 0.25) is 0 Å². The molecule has 1 aliphatic carbocycles. The second-order valence-electron chi connectivity index (χ2n) is 15.5. The first-order valence-electron chi connectivity index (χ1n) is 19.1. The number of phenols is 2. The lowest BCUT2D eigenvalue weighted by Crippen LogP contribution is -2.56. The Hall–Kier alpha value is -3.04. The summed E-state index contributed by atoms with van der Waals surface area (Å²) in [5, 5.41) is 85.6.